The summed E-state index contributed by atoms with van der Waals surface area (Å²) in [5, 5.41) is 8.72. The summed E-state index contributed by atoms with van der Waals surface area (Å²) >= 11 is 0. The molecule has 1 saturated heterocycles. The molecule has 2 aromatic rings. The normalized spacial score (nSPS) is 17.2. The molecule has 1 unspecified atom stereocenters. The summed E-state index contributed by atoms with van der Waals surface area (Å²) in [5.74, 6) is 1.04. The number of amides is 2. The Morgan fingerprint density at radius 2 is 1.94 bits per heavy atom. The average Bonchev–Trinajstić information content (AvgIpc) is 3.44. The molecule has 1 fully saturated rings. The van der Waals surface area contributed by atoms with Crippen LogP contribution in [0.4, 0.5) is 11.4 Å². The number of carbonyl (C=O) groups is 2. The number of hydrogen-bond donors (Lipinski definition) is 3. The first-order chi connectivity index (χ1) is 15.5. The van der Waals surface area contributed by atoms with Crippen molar-refractivity contribution >= 4 is 29.1 Å². The monoisotopic (exact) mass is 438 g/mol. The van der Waals surface area contributed by atoms with E-state index in [1.54, 1.807) is 30.3 Å². The molecule has 0 aromatic heterocycles. The van der Waals surface area contributed by atoms with E-state index in [9.17, 15) is 9.59 Å². The van der Waals surface area contributed by atoms with Crippen LogP contribution in [-0.2, 0) is 9.53 Å². The molecule has 2 aliphatic heterocycles. The molecule has 32 heavy (non-hydrogen) atoms. The maximum Gasteiger partial charge on any atom is 0.258 e. The number of ether oxygens (including phenoxy) is 3. The van der Waals surface area contributed by atoms with Crippen LogP contribution in [-0.4, -0.2) is 43.8 Å². The molecule has 0 bridgehead atoms. The van der Waals surface area contributed by atoms with E-state index in [-0.39, 0.29) is 24.7 Å². The lowest BCUT2D eigenvalue weighted by Gasteiger charge is -2.14. The molecular formula is C23H26N4O5. The number of hydrogen-bond acceptors (Lipinski definition) is 6. The van der Waals surface area contributed by atoms with E-state index >= 15 is 0 Å². The summed E-state index contributed by atoms with van der Waals surface area (Å²) in [6, 6.07) is 10.5. The van der Waals surface area contributed by atoms with Gasteiger partial charge in [-0.05, 0) is 49.6 Å². The zero-order chi connectivity index (χ0) is 22.5. The van der Waals surface area contributed by atoms with Gasteiger partial charge in [0, 0.05) is 36.5 Å². The highest BCUT2D eigenvalue weighted by atomic mass is 16.7. The number of rotatable bonds is 5. The predicted molar refractivity (Wildman–Crippen MR) is 120 cm³/mol. The number of guanidine groups is 1. The largest absolute Gasteiger partial charge is 0.454 e. The molecule has 2 aromatic carbocycles. The summed E-state index contributed by atoms with van der Waals surface area (Å²) in [7, 11) is 0. The lowest BCUT2D eigenvalue weighted by Crippen LogP contribution is -2.36. The van der Waals surface area contributed by atoms with Crippen molar-refractivity contribution in [3.05, 3.63) is 47.5 Å². The number of anilines is 2. The van der Waals surface area contributed by atoms with E-state index in [1.165, 1.54) is 6.92 Å². The molecule has 168 valence electrons. The fourth-order valence-corrected chi connectivity index (χ4v) is 3.47. The standard InChI is InChI=1S/C23H26N4O5/c1-14-5-6-16(10-19(14)25-15(2)28)22(29)27-23(24-12-18-4-3-9-30-18)26-17-7-8-20-21(11-17)32-13-31-20/h5-8,10-11,18H,3-4,9,12-13H2,1-2H3,(H,25,28)(H2,24,26,27,29). The fourth-order valence-electron chi connectivity index (χ4n) is 3.47. The summed E-state index contributed by atoms with van der Waals surface area (Å²) in [6.07, 6.45) is 1.98. The van der Waals surface area contributed by atoms with Crippen LogP contribution in [0, 0.1) is 6.92 Å². The molecule has 2 aliphatic rings. The van der Waals surface area contributed by atoms with Crippen LogP contribution in [0.15, 0.2) is 41.4 Å². The Balaban J connectivity index is 1.52. The van der Waals surface area contributed by atoms with Gasteiger partial charge in [-0.3, -0.25) is 14.9 Å². The molecule has 4 rings (SSSR count). The van der Waals surface area contributed by atoms with E-state index in [0.29, 0.717) is 40.9 Å². The van der Waals surface area contributed by atoms with Crippen molar-refractivity contribution < 1.29 is 23.8 Å². The van der Waals surface area contributed by atoms with E-state index < -0.39 is 0 Å². The van der Waals surface area contributed by atoms with Crippen LogP contribution in [0.25, 0.3) is 0 Å². The topological polar surface area (TPSA) is 110 Å². The van der Waals surface area contributed by atoms with Gasteiger partial charge in [-0.2, -0.15) is 0 Å². The van der Waals surface area contributed by atoms with Crippen LogP contribution >= 0.6 is 0 Å². The second-order valence-electron chi connectivity index (χ2n) is 7.68. The van der Waals surface area contributed by atoms with Crippen molar-refractivity contribution in [2.75, 3.05) is 30.6 Å². The zero-order valence-corrected chi connectivity index (χ0v) is 18.1. The first kappa shape index (κ1) is 21.6. The lowest BCUT2D eigenvalue weighted by atomic mass is 10.1. The van der Waals surface area contributed by atoms with E-state index in [0.717, 1.165) is 25.0 Å². The van der Waals surface area contributed by atoms with Gasteiger partial charge in [0.25, 0.3) is 5.91 Å². The van der Waals surface area contributed by atoms with Gasteiger partial charge < -0.3 is 24.8 Å². The van der Waals surface area contributed by atoms with Crippen molar-refractivity contribution in [1.82, 2.24) is 5.32 Å². The number of benzene rings is 2. The van der Waals surface area contributed by atoms with Crippen LogP contribution in [0.1, 0.15) is 35.7 Å². The average molecular weight is 438 g/mol. The Morgan fingerprint density at radius 1 is 1.09 bits per heavy atom. The van der Waals surface area contributed by atoms with Crippen LogP contribution in [0.2, 0.25) is 0 Å². The minimum absolute atomic E-state index is 0.0335. The van der Waals surface area contributed by atoms with Crippen LogP contribution < -0.4 is 25.4 Å². The van der Waals surface area contributed by atoms with Crippen molar-refractivity contribution in [2.24, 2.45) is 4.99 Å². The van der Waals surface area contributed by atoms with Gasteiger partial charge in [-0.25, -0.2) is 4.99 Å². The predicted octanol–water partition coefficient (Wildman–Crippen LogP) is 3.06. The SMILES string of the molecule is CC(=O)Nc1cc(C(=O)NC(=NCC2CCCO2)Nc2ccc3c(c2)OCO3)ccc1C. The summed E-state index contributed by atoms with van der Waals surface area (Å²) in [5.41, 5.74) is 2.55. The van der Waals surface area contributed by atoms with Crippen molar-refractivity contribution in [3.8, 4) is 11.5 Å². The lowest BCUT2D eigenvalue weighted by molar-refractivity contribution is -0.114. The van der Waals surface area contributed by atoms with Crippen molar-refractivity contribution in [3.63, 3.8) is 0 Å². The summed E-state index contributed by atoms with van der Waals surface area (Å²) in [6.45, 7) is 4.63. The van der Waals surface area contributed by atoms with Gasteiger partial charge in [0.05, 0.1) is 12.6 Å². The Kier molecular flexibility index (Phi) is 6.55. The molecular weight excluding hydrogens is 412 g/mol. The van der Waals surface area contributed by atoms with Gasteiger partial charge in [0.15, 0.2) is 11.5 Å². The van der Waals surface area contributed by atoms with Crippen molar-refractivity contribution in [2.45, 2.75) is 32.8 Å². The summed E-state index contributed by atoms with van der Waals surface area (Å²) < 4.78 is 16.4. The molecule has 1 atom stereocenters. The highest BCUT2D eigenvalue weighted by molar-refractivity contribution is 6.10. The zero-order valence-electron chi connectivity index (χ0n) is 18.1. The Morgan fingerprint density at radius 3 is 2.72 bits per heavy atom. The highest BCUT2D eigenvalue weighted by Crippen LogP contribution is 2.34. The number of nitrogens with one attached hydrogen (secondary N) is 3. The number of fused-ring (bicyclic) bond motifs is 1. The maximum atomic E-state index is 13.0. The third kappa shape index (κ3) is 5.36. The molecule has 0 aliphatic carbocycles. The van der Waals surface area contributed by atoms with Gasteiger partial charge >= 0.3 is 0 Å². The summed E-state index contributed by atoms with van der Waals surface area (Å²) in [4.78, 5) is 29.0. The molecule has 9 heteroatoms. The second-order valence-corrected chi connectivity index (χ2v) is 7.68. The third-order valence-corrected chi connectivity index (χ3v) is 5.15. The van der Waals surface area contributed by atoms with Gasteiger partial charge in [0.1, 0.15) is 0 Å². The number of carbonyl (C=O) groups excluding carboxylic acids is 2. The van der Waals surface area contributed by atoms with Gasteiger partial charge in [-0.1, -0.05) is 6.07 Å². The third-order valence-electron chi connectivity index (χ3n) is 5.15. The molecule has 2 amide bonds. The molecule has 9 nitrogen and oxygen atoms in total. The number of aryl methyl sites for hydroxylation is 1. The van der Waals surface area contributed by atoms with Crippen molar-refractivity contribution in [1.29, 1.82) is 0 Å². The van der Waals surface area contributed by atoms with Crippen LogP contribution in [0.5, 0.6) is 11.5 Å². The van der Waals surface area contributed by atoms with E-state index in [2.05, 4.69) is 20.9 Å². The van der Waals surface area contributed by atoms with Gasteiger partial charge in [0.2, 0.25) is 18.7 Å². The molecule has 0 spiro atoms. The molecule has 0 radical (unpaired) electrons. The minimum Gasteiger partial charge on any atom is -0.454 e. The molecule has 0 saturated carbocycles. The van der Waals surface area contributed by atoms with E-state index in [1.807, 2.05) is 13.0 Å². The van der Waals surface area contributed by atoms with E-state index in [4.69, 9.17) is 14.2 Å². The number of aliphatic imine (C=N–C) groups is 1. The number of nitrogens with zero attached hydrogens (tertiary/aromatic N) is 1. The minimum atomic E-state index is -0.351. The fraction of sp³-hybridized carbons (Fsp3) is 0.348. The van der Waals surface area contributed by atoms with Crippen LogP contribution in [0.3, 0.4) is 0 Å². The first-order valence-corrected chi connectivity index (χ1v) is 10.5. The van der Waals surface area contributed by atoms with Gasteiger partial charge in [-0.15, -0.1) is 0 Å². The smallest absolute Gasteiger partial charge is 0.258 e. The maximum absolute atomic E-state index is 13.0. The molecule has 2 heterocycles. The Labute approximate surface area is 186 Å². The highest BCUT2D eigenvalue weighted by Gasteiger charge is 2.18. The second kappa shape index (κ2) is 9.69. The Bertz CT molecular complexity index is 1050. The quantitative estimate of drug-likeness (QED) is 0.489. The Hall–Kier alpha value is -3.59. The molecule has 3 N–H and O–H groups in total. The first-order valence-electron chi connectivity index (χ1n) is 10.5.